The number of amides is 2. The highest BCUT2D eigenvalue weighted by molar-refractivity contribution is 6.36. The number of benzene rings is 3. The number of carbonyl (C=O) groups is 2. The maximum absolute atomic E-state index is 13.3. The average molecular weight is 417 g/mol. The van der Waals surface area contributed by atoms with Crippen molar-refractivity contribution in [2.45, 2.75) is 20.4 Å². The quantitative estimate of drug-likeness (QED) is 0.570. The molecule has 5 heteroatoms. The highest BCUT2D eigenvalue weighted by Gasteiger charge is 2.39. The van der Waals surface area contributed by atoms with Crippen LogP contribution in [0.25, 0.3) is 5.57 Å². The number of rotatable bonds is 5. The van der Waals surface area contributed by atoms with Gasteiger partial charge in [0.25, 0.3) is 11.8 Å². The summed E-state index contributed by atoms with van der Waals surface area (Å²) in [7, 11) is 0. The maximum atomic E-state index is 13.3. The van der Waals surface area contributed by atoms with Crippen molar-refractivity contribution in [2.75, 3.05) is 5.32 Å². The van der Waals surface area contributed by atoms with Crippen LogP contribution in [0.1, 0.15) is 22.3 Å². The number of anilines is 1. The van der Waals surface area contributed by atoms with Crippen molar-refractivity contribution < 1.29 is 9.59 Å². The first-order valence-electron chi connectivity index (χ1n) is 9.68. The Morgan fingerprint density at radius 2 is 1.47 bits per heavy atom. The van der Waals surface area contributed by atoms with Gasteiger partial charge in [0, 0.05) is 10.7 Å². The Labute approximate surface area is 180 Å². The molecule has 0 spiro atoms. The third-order valence-electron chi connectivity index (χ3n) is 4.98. The van der Waals surface area contributed by atoms with E-state index in [9.17, 15) is 9.59 Å². The molecular formula is C25H21ClN2O2. The lowest BCUT2D eigenvalue weighted by molar-refractivity contribution is -0.137. The normalized spacial score (nSPS) is 13.9. The Morgan fingerprint density at radius 3 is 2.10 bits per heavy atom. The first-order valence-corrected chi connectivity index (χ1v) is 10.1. The summed E-state index contributed by atoms with van der Waals surface area (Å²) in [6.45, 7) is 4.18. The van der Waals surface area contributed by atoms with E-state index in [4.69, 9.17) is 11.6 Å². The molecule has 150 valence electrons. The van der Waals surface area contributed by atoms with Crippen LogP contribution in [0.2, 0.25) is 5.02 Å². The highest BCUT2D eigenvalue weighted by Crippen LogP contribution is 2.32. The minimum Gasteiger partial charge on any atom is -0.350 e. The molecule has 2 amide bonds. The van der Waals surface area contributed by atoms with Gasteiger partial charge in [-0.1, -0.05) is 60.1 Å². The Balaban J connectivity index is 1.73. The van der Waals surface area contributed by atoms with Gasteiger partial charge in [0.15, 0.2) is 0 Å². The monoisotopic (exact) mass is 416 g/mol. The molecular weight excluding hydrogens is 396 g/mol. The molecule has 0 fully saturated rings. The van der Waals surface area contributed by atoms with Crippen LogP contribution in [0.3, 0.4) is 0 Å². The molecule has 0 aliphatic carbocycles. The van der Waals surface area contributed by atoms with Gasteiger partial charge >= 0.3 is 0 Å². The largest absolute Gasteiger partial charge is 0.350 e. The molecule has 3 aromatic carbocycles. The summed E-state index contributed by atoms with van der Waals surface area (Å²) in [5.41, 5.74) is 5.16. The first-order chi connectivity index (χ1) is 14.4. The zero-order valence-corrected chi connectivity index (χ0v) is 17.5. The van der Waals surface area contributed by atoms with Crippen molar-refractivity contribution in [3.8, 4) is 0 Å². The summed E-state index contributed by atoms with van der Waals surface area (Å²) in [5.74, 6) is -0.652. The second kappa shape index (κ2) is 8.17. The molecule has 0 radical (unpaired) electrons. The van der Waals surface area contributed by atoms with Crippen molar-refractivity contribution in [3.05, 3.63) is 106 Å². The van der Waals surface area contributed by atoms with Crippen LogP contribution in [0.5, 0.6) is 0 Å². The van der Waals surface area contributed by atoms with E-state index in [1.54, 1.807) is 12.1 Å². The van der Waals surface area contributed by atoms with E-state index in [1.807, 2.05) is 68.4 Å². The highest BCUT2D eigenvalue weighted by atomic mass is 35.5. The number of imide groups is 1. The van der Waals surface area contributed by atoms with Gasteiger partial charge in [-0.25, -0.2) is 0 Å². The van der Waals surface area contributed by atoms with E-state index in [0.717, 1.165) is 22.4 Å². The molecule has 3 aromatic rings. The van der Waals surface area contributed by atoms with Gasteiger partial charge < -0.3 is 5.32 Å². The Hall–Kier alpha value is -3.37. The molecule has 1 aliphatic heterocycles. The standard InChI is InChI=1S/C25H21ClN2O2/c1-16-12-17(2)14-21(13-16)27-23-22(19-6-4-3-5-7-19)24(29)28(25(23)30)15-18-8-10-20(26)11-9-18/h3-14,27H,15H2,1-2H3. The Kier molecular flexibility index (Phi) is 5.42. The van der Waals surface area contributed by atoms with Gasteiger partial charge in [0.2, 0.25) is 0 Å². The smallest absolute Gasteiger partial charge is 0.278 e. The maximum Gasteiger partial charge on any atom is 0.278 e. The summed E-state index contributed by atoms with van der Waals surface area (Å²) in [5, 5.41) is 3.83. The molecule has 0 unspecified atom stereocenters. The molecule has 4 nitrogen and oxygen atoms in total. The molecule has 1 aliphatic rings. The van der Waals surface area contributed by atoms with Crippen molar-refractivity contribution >= 4 is 34.7 Å². The van der Waals surface area contributed by atoms with E-state index < -0.39 is 0 Å². The number of nitrogens with one attached hydrogen (secondary N) is 1. The number of nitrogens with zero attached hydrogens (tertiary/aromatic N) is 1. The molecule has 0 bridgehead atoms. The first kappa shape index (κ1) is 19.9. The minimum absolute atomic E-state index is 0.184. The number of carbonyl (C=O) groups excluding carboxylic acids is 2. The van der Waals surface area contributed by atoms with Crippen molar-refractivity contribution in [2.24, 2.45) is 0 Å². The van der Waals surface area contributed by atoms with Gasteiger partial charge in [-0.2, -0.15) is 0 Å². The number of aryl methyl sites for hydroxylation is 2. The Bertz CT molecular complexity index is 1130. The lowest BCUT2D eigenvalue weighted by Gasteiger charge is -2.15. The van der Waals surface area contributed by atoms with E-state index in [-0.39, 0.29) is 18.4 Å². The predicted octanol–water partition coefficient (Wildman–Crippen LogP) is 5.35. The van der Waals surface area contributed by atoms with E-state index in [1.165, 1.54) is 4.90 Å². The summed E-state index contributed by atoms with van der Waals surface area (Å²) in [4.78, 5) is 27.9. The number of hydrogen-bond donors (Lipinski definition) is 1. The van der Waals surface area contributed by atoms with Gasteiger partial charge in [-0.15, -0.1) is 0 Å². The summed E-state index contributed by atoms with van der Waals surface area (Å²) in [6.07, 6.45) is 0. The van der Waals surface area contributed by atoms with Crippen LogP contribution < -0.4 is 5.32 Å². The van der Waals surface area contributed by atoms with Gasteiger partial charge in [0.1, 0.15) is 5.70 Å². The molecule has 30 heavy (non-hydrogen) atoms. The van der Waals surface area contributed by atoms with E-state index >= 15 is 0 Å². The van der Waals surface area contributed by atoms with Crippen LogP contribution in [0.15, 0.2) is 78.5 Å². The SMILES string of the molecule is Cc1cc(C)cc(NC2=C(c3ccccc3)C(=O)N(Cc3ccc(Cl)cc3)C2=O)c1. The summed E-state index contributed by atoms with van der Waals surface area (Å²) >= 11 is 5.96. The van der Waals surface area contributed by atoms with Gasteiger partial charge in [-0.3, -0.25) is 14.5 Å². The third kappa shape index (κ3) is 4.00. The van der Waals surface area contributed by atoms with Crippen molar-refractivity contribution in [3.63, 3.8) is 0 Å². The third-order valence-corrected chi connectivity index (χ3v) is 5.23. The minimum atomic E-state index is -0.340. The topological polar surface area (TPSA) is 49.4 Å². The molecule has 1 heterocycles. The van der Waals surface area contributed by atoms with Crippen LogP contribution in [0, 0.1) is 13.8 Å². The van der Waals surface area contributed by atoms with Gasteiger partial charge in [0.05, 0.1) is 12.1 Å². The number of halogens is 1. The van der Waals surface area contributed by atoms with Crippen LogP contribution in [-0.2, 0) is 16.1 Å². The van der Waals surface area contributed by atoms with Crippen LogP contribution in [0.4, 0.5) is 5.69 Å². The molecule has 1 N–H and O–H groups in total. The lowest BCUT2D eigenvalue weighted by atomic mass is 10.0. The zero-order chi connectivity index (χ0) is 21.3. The molecule has 0 saturated heterocycles. The fourth-order valence-corrected chi connectivity index (χ4v) is 3.80. The zero-order valence-electron chi connectivity index (χ0n) is 16.8. The predicted molar refractivity (Wildman–Crippen MR) is 120 cm³/mol. The van der Waals surface area contributed by atoms with Crippen molar-refractivity contribution in [1.82, 2.24) is 4.90 Å². The second-order valence-corrected chi connectivity index (χ2v) is 7.88. The molecule has 0 atom stereocenters. The molecule has 4 rings (SSSR count). The molecule has 0 saturated carbocycles. The van der Waals surface area contributed by atoms with Crippen LogP contribution >= 0.6 is 11.6 Å². The van der Waals surface area contributed by atoms with E-state index in [0.29, 0.717) is 21.9 Å². The Morgan fingerprint density at radius 1 is 0.833 bits per heavy atom. The van der Waals surface area contributed by atoms with Gasteiger partial charge in [-0.05, 0) is 60.4 Å². The van der Waals surface area contributed by atoms with E-state index in [2.05, 4.69) is 11.4 Å². The summed E-state index contributed by atoms with van der Waals surface area (Å²) in [6, 6.07) is 22.4. The fraction of sp³-hybridized carbons (Fsp3) is 0.120. The summed E-state index contributed by atoms with van der Waals surface area (Å²) < 4.78 is 0. The molecule has 0 aromatic heterocycles. The van der Waals surface area contributed by atoms with Crippen LogP contribution in [-0.4, -0.2) is 16.7 Å². The second-order valence-electron chi connectivity index (χ2n) is 7.44. The van der Waals surface area contributed by atoms with Crippen molar-refractivity contribution in [1.29, 1.82) is 0 Å². The fourth-order valence-electron chi connectivity index (χ4n) is 3.67. The number of hydrogen-bond acceptors (Lipinski definition) is 3. The average Bonchev–Trinajstić information content (AvgIpc) is 2.94. The lowest BCUT2D eigenvalue weighted by Crippen LogP contribution is -2.32.